The van der Waals surface area contributed by atoms with E-state index in [1.165, 1.54) is 34.3 Å². The molecule has 24 heavy (non-hydrogen) atoms. The summed E-state index contributed by atoms with van der Waals surface area (Å²) in [7, 11) is 0. The molecule has 0 amide bonds. The maximum atomic E-state index is 12.5. The average molecular weight is 375 g/mol. The van der Waals surface area contributed by atoms with E-state index in [1.807, 2.05) is 19.2 Å². The van der Waals surface area contributed by atoms with E-state index in [4.69, 9.17) is 0 Å². The van der Waals surface area contributed by atoms with E-state index in [0.29, 0.717) is 5.01 Å². The smallest absolute Gasteiger partial charge is 0.167 e. The highest BCUT2D eigenvalue weighted by atomic mass is 32.2. The normalized spacial score (nSPS) is 12.2. The maximum absolute atomic E-state index is 12.5. The second-order valence-electron chi connectivity index (χ2n) is 5.29. The minimum absolute atomic E-state index is 0.145. The lowest BCUT2D eigenvalue weighted by molar-refractivity contribution is -0.116. The lowest BCUT2D eigenvalue weighted by atomic mass is 10.1. The van der Waals surface area contributed by atoms with Gasteiger partial charge in [0.25, 0.3) is 0 Å². The summed E-state index contributed by atoms with van der Waals surface area (Å²) in [6.07, 6.45) is 1.52. The summed E-state index contributed by atoms with van der Waals surface area (Å²) in [4.78, 5) is 27.5. The van der Waals surface area contributed by atoms with Crippen molar-refractivity contribution in [2.45, 2.75) is 31.7 Å². The van der Waals surface area contributed by atoms with E-state index in [-0.39, 0.29) is 11.5 Å². The van der Waals surface area contributed by atoms with Crippen LogP contribution in [-0.2, 0) is 4.79 Å². The van der Waals surface area contributed by atoms with Crippen LogP contribution in [0.5, 0.6) is 0 Å². The molecule has 0 aliphatic heterocycles. The molecule has 0 saturated heterocycles. The zero-order valence-corrected chi connectivity index (χ0v) is 15.8. The summed E-state index contributed by atoms with van der Waals surface area (Å²) in [5.74, 6) is -0.760. The third-order valence-corrected chi connectivity index (χ3v) is 6.77. The van der Waals surface area contributed by atoms with Crippen molar-refractivity contribution in [1.29, 1.82) is 5.26 Å². The summed E-state index contributed by atoms with van der Waals surface area (Å²) < 4.78 is 0. The Labute approximate surface area is 151 Å². The Bertz CT molecular complexity index is 954. The van der Waals surface area contributed by atoms with Gasteiger partial charge in [-0.05, 0) is 26.3 Å². The number of carbonyl (C=O) groups excluding carboxylic acids is 1. The van der Waals surface area contributed by atoms with Crippen LogP contribution in [0.1, 0.15) is 27.1 Å². The molecular weight excluding hydrogens is 360 g/mol. The zero-order valence-electron chi connectivity index (χ0n) is 13.4. The number of nitrogens with zero attached hydrogens (tertiary/aromatic N) is 4. The van der Waals surface area contributed by atoms with Crippen molar-refractivity contribution in [3.8, 4) is 6.07 Å². The molecule has 1 atom stereocenters. The van der Waals surface area contributed by atoms with Crippen molar-refractivity contribution in [3.63, 3.8) is 0 Å². The second-order valence-corrected chi connectivity index (χ2v) is 8.34. The van der Waals surface area contributed by atoms with Gasteiger partial charge in [-0.2, -0.15) is 5.26 Å². The van der Waals surface area contributed by atoms with Gasteiger partial charge in [-0.25, -0.2) is 15.0 Å². The Morgan fingerprint density at radius 3 is 2.83 bits per heavy atom. The molecule has 0 aromatic carbocycles. The third-order valence-electron chi connectivity index (χ3n) is 3.62. The minimum atomic E-state index is -0.807. The van der Waals surface area contributed by atoms with Gasteiger partial charge in [0.2, 0.25) is 0 Å². The number of thiophene rings is 1. The summed E-state index contributed by atoms with van der Waals surface area (Å²) in [6, 6.07) is 2.07. The Morgan fingerprint density at radius 1 is 1.38 bits per heavy atom. The predicted molar refractivity (Wildman–Crippen MR) is 97.8 cm³/mol. The number of thioether (sulfide) groups is 1. The molecule has 0 unspecified atom stereocenters. The average Bonchev–Trinajstić information content (AvgIpc) is 3.10. The third kappa shape index (κ3) is 3.20. The first-order valence-corrected chi connectivity index (χ1v) is 9.87. The first-order chi connectivity index (χ1) is 11.5. The molecule has 0 saturated carbocycles. The number of hydrogen-bond acceptors (Lipinski definition) is 8. The van der Waals surface area contributed by atoms with E-state index in [1.54, 1.807) is 11.3 Å². The van der Waals surface area contributed by atoms with E-state index >= 15 is 0 Å². The highest BCUT2D eigenvalue weighted by Crippen LogP contribution is 2.35. The predicted octanol–water partition coefficient (Wildman–Crippen LogP) is 4.04. The molecule has 3 aromatic rings. The van der Waals surface area contributed by atoms with Gasteiger partial charge >= 0.3 is 0 Å². The van der Waals surface area contributed by atoms with Crippen molar-refractivity contribution in [1.82, 2.24) is 15.0 Å². The number of aryl methyl sites for hydroxylation is 3. The molecule has 5 nitrogen and oxygen atoms in total. The monoisotopic (exact) mass is 374 g/mol. The lowest BCUT2D eigenvalue weighted by Gasteiger charge is -2.06. The van der Waals surface area contributed by atoms with Gasteiger partial charge in [-0.3, -0.25) is 4.79 Å². The van der Waals surface area contributed by atoms with Gasteiger partial charge < -0.3 is 0 Å². The topological polar surface area (TPSA) is 79.5 Å². The van der Waals surface area contributed by atoms with Gasteiger partial charge in [0.05, 0.1) is 11.8 Å². The summed E-state index contributed by atoms with van der Waals surface area (Å²) >= 11 is 4.34. The summed E-state index contributed by atoms with van der Waals surface area (Å²) in [5.41, 5.74) is 1.98. The van der Waals surface area contributed by atoms with Crippen LogP contribution in [0.25, 0.3) is 10.2 Å². The van der Waals surface area contributed by atoms with Crippen molar-refractivity contribution < 1.29 is 4.79 Å². The molecule has 0 N–H and O–H groups in total. The quantitative estimate of drug-likeness (QED) is 0.495. The van der Waals surface area contributed by atoms with Crippen LogP contribution in [-0.4, -0.2) is 26.5 Å². The zero-order chi connectivity index (χ0) is 17.3. The van der Waals surface area contributed by atoms with Crippen LogP contribution in [0.4, 0.5) is 0 Å². The number of fused-ring (bicyclic) bond motifs is 1. The Morgan fingerprint density at radius 2 is 2.17 bits per heavy atom. The van der Waals surface area contributed by atoms with Crippen LogP contribution in [0.2, 0.25) is 0 Å². The molecule has 3 aromatic heterocycles. The largest absolute Gasteiger partial charge is 0.297 e. The Balaban J connectivity index is 1.81. The van der Waals surface area contributed by atoms with E-state index in [0.717, 1.165) is 26.5 Å². The van der Waals surface area contributed by atoms with Gasteiger partial charge in [-0.1, -0.05) is 11.8 Å². The SMILES string of the molecule is Cc1csc([C@@H](C#N)C(=O)CSc2ncnc3sc(C)c(C)c23)n1. The van der Waals surface area contributed by atoms with Crippen molar-refractivity contribution >= 4 is 50.4 Å². The van der Waals surface area contributed by atoms with Crippen LogP contribution < -0.4 is 0 Å². The van der Waals surface area contributed by atoms with Crippen LogP contribution in [0.15, 0.2) is 16.7 Å². The van der Waals surface area contributed by atoms with Crippen molar-refractivity contribution in [2.24, 2.45) is 0 Å². The molecule has 0 spiro atoms. The molecule has 3 rings (SSSR count). The van der Waals surface area contributed by atoms with Gasteiger partial charge in [-0.15, -0.1) is 22.7 Å². The number of rotatable bonds is 5. The van der Waals surface area contributed by atoms with E-state index in [9.17, 15) is 10.1 Å². The Hall–Kier alpha value is -1.82. The summed E-state index contributed by atoms with van der Waals surface area (Å²) in [5, 5.41) is 13.6. The lowest BCUT2D eigenvalue weighted by Crippen LogP contribution is -2.13. The molecule has 8 heteroatoms. The molecule has 0 bridgehead atoms. The molecule has 0 radical (unpaired) electrons. The number of Topliss-reactive ketones (excluding diaryl/α,β-unsaturated/α-hetero) is 1. The summed E-state index contributed by atoms with van der Waals surface area (Å²) in [6.45, 7) is 5.95. The molecule has 0 fully saturated rings. The van der Waals surface area contributed by atoms with Crippen LogP contribution in [0, 0.1) is 32.1 Å². The molecule has 122 valence electrons. The number of ketones is 1. The maximum Gasteiger partial charge on any atom is 0.167 e. The standard InChI is InChI=1S/C16H14N4OS3/c1-8-5-22-14(20-8)11(4-17)12(21)6-23-15-13-9(2)10(3)24-16(13)19-7-18-15/h5,7,11H,6H2,1-3H3/t11-/m0/s1. The highest BCUT2D eigenvalue weighted by Gasteiger charge is 2.24. The van der Waals surface area contributed by atoms with Crippen LogP contribution in [0.3, 0.4) is 0 Å². The molecular formula is C16H14N4OS3. The van der Waals surface area contributed by atoms with Crippen molar-refractivity contribution in [3.05, 3.63) is 32.8 Å². The first-order valence-electron chi connectivity index (χ1n) is 7.19. The molecule has 3 heterocycles. The minimum Gasteiger partial charge on any atom is -0.297 e. The van der Waals surface area contributed by atoms with E-state index < -0.39 is 5.92 Å². The van der Waals surface area contributed by atoms with Crippen LogP contribution >= 0.6 is 34.4 Å². The number of aromatic nitrogens is 3. The van der Waals surface area contributed by atoms with Gasteiger partial charge in [0.1, 0.15) is 21.2 Å². The number of carbonyl (C=O) groups is 1. The fourth-order valence-corrected chi connectivity index (χ4v) is 5.14. The second kappa shape index (κ2) is 6.97. The van der Waals surface area contributed by atoms with Gasteiger partial charge in [0, 0.05) is 21.3 Å². The number of hydrogen-bond donors (Lipinski definition) is 0. The number of thiazole rings is 1. The van der Waals surface area contributed by atoms with E-state index in [2.05, 4.69) is 27.9 Å². The molecule has 0 aliphatic rings. The van der Waals surface area contributed by atoms with Gasteiger partial charge in [0.15, 0.2) is 11.7 Å². The van der Waals surface area contributed by atoms with Crippen molar-refractivity contribution in [2.75, 3.05) is 5.75 Å². The Kier molecular flexibility index (Phi) is 4.94. The molecule has 0 aliphatic carbocycles. The first kappa shape index (κ1) is 17.0. The fourth-order valence-electron chi connectivity index (χ4n) is 2.25. The highest BCUT2D eigenvalue weighted by molar-refractivity contribution is 8.00. The number of nitriles is 1. The fraction of sp³-hybridized carbons (Fsp3) is 0.312.